The van der Waals surface area contributed by atoms with Crippen molar-refractivity contribution in [2.45, 2.75) is 30.8 Å². The molecule has 2 aliphatic heterocycles. The molecule has 12 nitrogen and oxygen atoms in total. The van der Waals surface area contributed by atoms with E-state index in [1.807, 2.05) is 0 Å². The summed E-state index contributed by atoms with van der Waals surface area (Å²) in [4.78, 5) is 10.8. The summed E-state index contributed by atoms with van der Waals surface area (Å²) in [6.45, 7) is 1.26. The molecule has 2 aromatic rings. The Morgan fingerprint density at radius 2 is 1.62 bits per heavy atom. The van der Waals surface area contributed by atoms with Crippen LogP contribution in [0.4, 0.5) is 5.69 Å². The van der Waals surface area contributed by atoms with Crippen molar-refractivity contribution >= 4 is 24.9 Å². The first-order valence-corrected chi connectivity index (χ1v) is 9.61. The number of nitro benzene ring substituents is 1. The summed E-state index contributed by atoms with van der Waals surface area (Å²) in [5.74, 6) is -8.36. The average Bonchev–Trinajstić information content (AvgIpc) is 3.39. The fourth-order valence-electron chi connectivity index (χ4n) is 3.13. The van der Waals surface area contributed by atoms with Crippen molar-refractivity contribution < 1.29 is 40.1 Å². The summed E-state index contributed by atoms with van der Waals surface area (Å²) in [7, 11) is -2.43. The number of nitrogens with zero attached hydrogens (tertiary/aromatic N) is 3. The first-order chi connectivity index (χ1) is 13.4. The second-order valence-electron chi connectivity index (χ2n) is 6.89. The van der Waals surface area contributed by atoms with Gasteiger partial charge in [0.15, 0.2) is 0 Å². The van der Waals surface area contributed by atoms with E-state index < -0.39 is 37.2 Å². The van der Waals surface area contributed by atoms with Gasteiger partial charge in [-0.2, -0.15) is 4.67 Å². The number of hydrogen-bond donors (Lipinski definition) is 6. The molecule has 2 heterocycles. The Morgan fingerprint density at radius 3 is 2.10 bits per heavy atom. The zero-order valence-electron chi connectivity index (χ0n) is 14.9. The molecule has 3 unspecified atom stereocenters. The number of benzene rings is 2. The standard InChI is InChI=1S/C16H18N3O9P/c1-9(10-6-7-13(18(26)27)12-5-3-2-4-11(10)12)28-29(17-8-14(17,20)21)19-15(22,23)16(19,24)25/h2-7,9,20-25H,8H2,1H3. The predicted molar refractivity (Wildman–Crippen MR) is 97.1 cm³/mol. The van der Waals surface area contributed by atoms with Gasteiger partial charge >= 0.3 is 11.8 Å². The highest BCUT2D eigenvalue weighted by Crippen LogP contribution is 2.69. The minimum Gasteiger partial charge on any atom is -0.352 e. The lowest BCUT2D eigenvalue weighted by Gasteiger charge is -2.25. The van der Waals surface area contributed by atoms with Crippen LogP contribution < -0.4 is 0 Å². The Balaban J connectivity index is 1.68. The number of non-ortho nitro benzene ring substituents is 1. The summed E-state index contributed by atoms with van der Waals surface area (Å²) in [6.07, 6.45) is -0.838. The van der Waals surface area contributed by atoms with Crippen molar-refractivity contribution in [2.75, 3.05) is 6.54 Å². The van der Waals surface area contributed by atoms with Gasteiger partial charge in [0, 0.05) is 6.07 Å². The van der Waals surface area contributed by atoms with Crippen LogP contribution in [0.5, 0.6) is 0 Å². The largest absolute Gasteiger partial charge is 0.352 e. The third kappa shape index (κ3) is 3.10. The average molecular weight is 427 g/mol. The third-order valence-electron chi connectivity index (χ3n) is 4.86. The van der Waals surface area contributed by atoms with Gasteiger partial charge in [0.1, 0.15) is 0 Å². The molecule has 3 atom stereocenters. The minimum absolute atomic E-state index is 0.102. The molecule has 0 radical (unpaired) electrons. The number of aliphatic hydroxyl groups is 6. The van der Waals surface area contributed by atoms with Crippen LogP contribution in [0.1, 0.15) is 18.6 Å². The van der Waals surface area contributed by atoms with E-state index in [4.69, 9.17) is 4.52 Å². The topological polar surface area (TPSA) is 180 Å². The van der Waals surface area contributed by atoms with Gasteiger partial charge in [-0.1, -0.05) is 18.2 Å². The minimum atomic E-state index is -3.03. The molecule has 4 rings (SSSR count). The molecular weight excluding hydrogens is 409 g/mol. The van der Waals surface area contributed by atoms with E-state index in [2.05, 4.69) is 0 Å². The molecule has 2 aliphatic rings. The first-order valence-electron chi connectivity index (χ1n) is 8.44. The van der Waals surface area contributed by atoms with E-state index >= 15 is 0 Å². The summed E-state index contributed by atoms with van der Waals surface area (Å²) in [6, 6.07) is 9.35. The Hall–Kier alpha value is -1.83. The van der Waals surface area contributed by atoms with Crippen LogP contribution in [0.25, 0.3) is 10.8 Å². The monoisotopic (exact) mass is 427 g/mol. The lowest BCUT2D eigenvalue weighted by Crippen LogP contribution is -2.23. The highest BCUT2D eigenvalue weighted by molar-refractivity contribution is 7.48. The van der Waals surface area contributed by atoms with Crippen LogP contribution >= 0.6 is 8.45 Å². The SMILES string of the molecule is CC(OP(N1CC1(O)O)N1C(O)(O)C1(O)O)c1ccc([N+](=O)[O-])c2ccccc12. The van der Waals surface area contributed by atoms with Crippen LogP contribution in [-0.2, 0) is 4.52 Å². The fourth-order valence-corrected chi connectivity index (χ4v) is 5.24. The van der Waals surface area contributed by atoms with E-state index in [1.165, 1.54) is 12.1 Å². The summed E-state index contributed by atoms with van der Waals surface area (Å²) in [5, 5.41) is 70.6. The Kier molecular flexibility index (Phi) is 4.46. The lowest BCUT2D eigenvalue weighted by molar-refractivity contribution is -0.383. The van der Waals surface area contributed by atoms with Gasteiger partial charge in [-0.25, -0.2) is 0 Å². The van der Waals surface area contributed by atoms with E-state index in [-0.39, 0.29) is 12.2 Å². The summed E-state index contributed by atoms with van der Waals surface area (Å²) >= 11 is 0. The molecule has 0 saturated carbocycles. The van der Waals surface area contributed by atoms with Crippen LogP contribution in [0.2, 0.25) is 0 Å². The second-order valence-corrected chi connectivity index (χ2v) is 8.49. The number of rotatable bonds is 6. The van der Waals surface area contributed by atoms with Crippen molar-refractivity contribution in [3.05, 3.63) is 52.1 Å². The molecule has 2 aromatic carbocycles. The molecule has 0 bridgehead atoms. The van der Waals surface area contributed by atoms with Crippen molar-refractivity contribution in [3.63, 3.8) is 0 Å². The van der Waals surface area contributed by atoms with Crippen LogP contribution in [0.15, 0.2) is 36.4 Å². The van der Waals surface area contributed by atoms with Gasteiger partial charge in [0.05, 0.1) is 23.0 Å². The highest BCUT2D eigenvalue weighted by atomic mass is 31.2. The molecule has 0 spiro atoms. The highest BCUT2D eigenvalue weighted by Gasteiger charge is 2.82. The number of nitro groups is 1. The maximum absolute atomic E-state index is 11.3. The Labute approximate surface area is 164 Å². The molecular formula is C16H18N3O9P. The second kappa shape index (κ2) is 6.33. The molecule has 156 valence electrons. The maximum Gasteiger partial charge on any atom is 0.309 e. The predicted octanol–water partition coefficient (Wildman–Crippen LogP) is -0.401. The molecule has 0 aromatic heterocycles. The normalized spacial score (nSPS) is 26.1. The molecule has 6 N–H and O–H groups in total. The Bertz CT molecular complexity index is 985. The fraction of sp³-hybridized carbons (Fsp3) is 0.375. The molecule has 29 heavy (non-hydrogen) atoms. The number of β-amino-alcohol motifs (C(OH)–C–C–N with tert-alkyl or cyclic N) is 2. The molecule has 2 fully saturated rings. The van der Waals surface area contributed by atoms with Gasteiger partial charge in [-0.15, -0.1) is 4.67 Å². The molecule has 0 amide bonds. The van der Waals surface area contributed by atoms with Crippen molar-refractivity contribution in [1.29, 1.82) is 0 Å². The van der Waals surface area contributed by atoms with Gasteiger partial charge in [0.25, 0.3) is 5.69 Å². The van der Waals surface area contributed by atoms with E-state index in [9.17, 15) is 40.8 Å². The zero-order valence-corrected chi connectivity index (χ0v) is 15.8. The van der Waals surface area contributed by atoms with Crippen molar-refractivity contribution in [3.8, 4) is 0 Å². The van der Waals surface area contributed by atoms with Crippen molar-refractivity contribution in [2.24, 2.45) is 0 Å². The van der Waals surface area contributed by atoms with Gasteiger partial charge in [0.2, 0.25) is 14.4 Å². The third-order valence-corrected chi connectivity index (χ3v) is 7.14. The maximum atomic E-state index is 11.3. The van der Waals surface area contributed by atoms with E-state index in [0.29, 0.717) is 21.0 Å². The quantitative estimate of drug-likeness (QED) is 0.116. The molecule has 13 heteroatoms. The van der Waals surface area contributed by atoms with Gasteiger partial charge in [-0.3, -0.25) is 10.1 Å². The Morgan fingerprint density at radius 1 is 1.07 bits per heavy atom. The lowest BCUT2D eigenvalue weighted by atomic mass is 10.00. The molecule has 0 aliphatic carbocycles. The van der Waals surface area contributed by atoms with Crippen LogP contribution in [0.3, 0.4) is 0 Å². The van der Waals surface area contributed by atoms with E-state index in [1.54, 1.807) is 31.2 Å². The number of fused-ring (bicyclic) bond motifs is 1. The van der Waals surface area contributed by atoms with Gasteiger partial charge < -0.3 is 35.2 Å². The van der Waals surface area contributed by atoms with Crippen LogP contribution in [0, 0.1) is 10.1 Å². The first kappa shape index (κ1) is 20.4. The van der Waals surface area contributed by atoms with Gasteiger partial charge in [-0.05, 0) is 30.0 Å². The van der Waals surface area contributed by atoms with Crippen LogP contribution in [-0.4, -0.2) is 69.2 Å². The number of hydrogen-bond acceptors (Lipinski definition) is 11. The zero-order chi connectivity index (χ0) is 21.4. The van der Waals surface area contributed by atoms with E-state index in [0.717, 1.165) is 4.67 Å². The van der Waals surface area contributed by atoms with Crippen molar-refractivity contribution in [1.82, 2.24) is 9.34 Å². The summed E-state index contributed by atoms with van der Waals surface area (Å²) < 4.78 is 7.10. The smallest absolute Gasteiger partial charge is 0.309 e. The molecule has 2 saturated heterocycles. The summed E-state index contributed by atoms with van der Waals surface area (Å²) in [5.41, 5.74) is 0.404.